The molecule has 2 aliphatic carbocycles. The summed E-state index contributed by atoms with van der Waals surface area (Å²) in [6, 6.07) is 0. The molecule has 1 aromatic heterocycles. The Morgan fingerprint density at radius 1 is 1.42 bits per heavy atom. The number of aromatic nitrogens is 1. The number of esters is 1. The molecular formula is C21H31NO3S. The van der Waals surface area contributed by atoms with Gasteiger partial charge in [-0.15, -0.1) is 11.3 Å². The second-order valence-corrected chi connectivity index (χ2v) is 9.36. The zero-order valence-electron chi connectivity index (χ0n) is 16.2. The summed E-state index contributed by atoms with van der Waals surface area (Å²) in [5.74, 6) is 1.80. The van der Waals surface area contributed by atoms with Gasteiger partial charge in [-0.1, -0.05) is 20.3 Å². The maximum absolute atomic E-state index is 12.3. The predicted molar refractivity (Wildman–Crippen MR) is 103 cm³/mol. The first-order valence-electron chi connectivity index (χ1n) is 10.0. The van der Waals surface area contributed by atoms with Gasteiger partial charge in [0.2, 0.25) is 0 Å². The van der Waals surface area contributed by atoms with E-state index in [-0.39, 0.29) is 17.5 Å². The van der Waals surface area contributed by atoms with Crippen molar-refractivity contribution in [3.63, 3.8) is 0 Å². The van der Waals surface area contributed by atoms with Crippen molar-refractivity contribution in [1.29, 1.82) is 0 Å². The van der Waals surface area contributed by atoms with Crippen molar-refractivity contribution in [2.75, 3.05) is 0 Å². The number of fused-ring (bicyclic) bond motifs is 1. The van der Waals surface area contributed by atoms with Crippen LogP contribution in [0.25, 0.3) is 0 Å². The molecule has 0 N–H and O–H groups in total. The van der Waals surface area contributed by atoms with Gasteiger partial charge in [-0.3, -0.25) is 9.59 Å². The number of carbonyl (C=O) groups excluding carboxylic acids is 2. The number of hydrogen-bond acceptors (Lipinski definition) is 5. The van der Waals surface area contributed by atoms with Crippen molar-refractivity contribution in [2.24, 2.45) is 23.2 Å². The molecule has 0 aromatic carbocycles. The summed E-state index contributed by atoms with van der Waals surface area (Å²) in [7, 11) is 0. The van der Waals surface area contributed by atoms with E-state index in [1.54, 1.807) is 17.5 Å². The van der Waals surface area contributed by atoms with Crippen LogP contribution in [0.5, 0.6) is 0 Å². The maximum atomic E-state index is 12.3. The molecule has 1 heterocycles. The molecule has 1 aromatic rings. The summed E-state index contributed by atoms with van der Waals surface area (Å²) < 4.78 is 5.49. The third-order valence-corrected chi connectivity index (χ3v) is 7.65. The first-order valence-corrected chi connectivity index (χ1v) is 10.9. The van der Waals surface area contributed by atoms with Crippen LogP contribution >= 0.6 is 11.3 Å². The predicted octanol–water partition coefficient (Wildman–Crippen LogP) is 5.34. The summed E-state index contributed by atoms with van der Waals surface area (Å²) >= 11 is 1.55. The molecule has 2 aliphatic rings. The first kappa shape index (κ1) is 19.5. The average molecular weight is 378 g/mol. The first-order chi connectivity index (χ1) is 12.4. The Kier molecular flexibility index (Phi) is 6.16. The van der Waals surface area contributed by atoms with Gasteiger partial charge in [-0.25, -0.2) is 4.98 Å². The fourth-order valence-corrected chi connectivity index (χ4v) is 6.26. The number of Topliss-reactive ketones (excluding diaryl/α,β-unsaturated/α-hetero) is 1. The molecule has 26 heavy (non-hydrogen) atoms. The summed E-state index contributed by atoms with van der Waals surface area (Å²) in [4.78, 5) is 28.1. The van der Waals surface area contributed by atoms with Crippen LogP contribution in [0.1, 0.15) is 83.2 Å². The van der Waals surface area contributed by atoms with Gasteiger partial charge >= 0.3 is 5.97 Å². The highest BCUT2D eigenvalue weighted by atomic mass is 32.1. The molecule has 3 rings (SSSR count). The van der Waals surface area contributed by atoms with E-state index in [1.807, 2.05) is 5.38 Å². The molecule has 0 bridgehead atoms. The number of ketones is 1. The topological polar surface area (TPSA) is 56.3 Å². The summed E-state index contributed by atoms with van der Waals surface area (Å²) in [6.07, 6.45) is 9.83. The number of ether oxygens (including phenoxy) is 1. The number of thiazole rings is 1. The van der Waals surface area contributed by atoms with Crippen molar-refractivity contribution in [1.82, 2.24) is 4.98 Å². The summed E-state index contributed by atoms with van der Waals surface area (Å²) in [5, 5.41) is 2.81. The molecule has 5 atom stereocenters. The smallest absolute Gasteiger partial charge is 0.303 e. The third-order valence-electron chi connectivity index (χ3n) is 6.78. The normalized spacial score (nSPS) is 30.7. The van der Waals surface area contributed by atoms with E-state index in [9.17, 15) is 9.59 Å². The Hall–Kier alpha value is -1.23. The fraction of sp³-hybridized carbons (Fsp3) is 0.762. The highest BCUT2D eigenvalue weighted by Gasteiger charge is 2.52. The van der Waals surface area contributed by atoms with E-state index in [0.717, 1.165) is 43.5 Å². The number of rotatable bonds is 7. The maximum Gasteiger partial charge on any atom is 0.303 e. The van der Waals surface area contributed by atoms with Gasteiger partial charge in [0.1, 0.15) is 10.8 Å². The van der Waals surface area contributed by atoms with Crippen LogP contribution in [0.3, 0.4) is 0 Å². The van der Waals surface area contributed by atoms with Crippen molar-refractivity contribution in [3.8, 4) is 0 Å². The highest BCUT2D eigenvalue weighted by molar-refractivity contribution is 7.09. The van der Waals surface area contributed by atoms with Crippen molar-refractivity contribution in [3.05, 3.63) is 16.6 Å². The Balaban J connectivity index is 1.55. The lowest BCUT2D eigenvalue weighted by atomic mass is 9.62. The monoisotopic (exact) mass is 377 g/mol. The van der Waals surface area contributed by atoms with Crippen LogP contribution in [-0.2, 0) is 14.3 Å². The van der Waals surface area contributed by atoms with Crippen LogP contribution in [0.4, 0.5) is 0 Å². The molecular weight excluding hydrogens is 346 g/mol. The van der Waals surface area contributed by atoms with Crippen LogP contribution in [0, 0.1) is 23.2 Å². The lowest BCUT2D eigenvalue weighted by Gasteiger charge is -2.42. The Bertz CT molecular complexity index is 629. The minimum Gasteiger partial charge on any atom is -0.455 e. The largest absolute Gasteiger partial charge is 0.455 e. The third kappa shape index (κ3) is 4.03. The van der Waals surface area contributed by atoms with Gasteiger partial charge < -0.3 is 4.74 Å². The van der Waals surface area contributed by atoms with Crippen molar-refractivity contribution < 1.29 is 14.3 Å². The standard InChI is InChI=1S/C21H31NO3S/c1-14(16-9-10-17-18(24)7-5-11-21(16,17)3)6-4-8-19(25-15(2)23)20-22-12-13-26-20/h12-14,16-17,19H,4-11H2,1-3H3. The molecule has 4 nitrogen and oxygen atoms in total. The molecule has 2 fully saturated rings. The molecule has 5 unspecified atom stereocenters. The Labute approximate surface area is 160 Å². The van der Waals surface area contributed by atoms with Gasteiger partial charge in [0.25, 0.3) is 0 Å². The summed E-state index contributed by atoms with van der Waals surface area (Å²) in [6.45, 7) is 6.17. The molecule has 0 amide bonds. The molecule has 0 saturated heterocycles. The molecule has 2 saturated carbocycles. The zero-order valence-corrected chi connectivity index (χ0v) is 17.0. The minimum absolute atomic E-state index is 0.208. The fourth-order valence-electron chi connectivity index (χ4n) is 5.56. The van der Waals surface area contributed by atoms with E-state index in [0.29, 0.717) is 23.5 Å². The quantitative estimate of drug-likeness (QED) is 0.602. The number of carbonyl (C=O) groups is 2. The van der Waals surface area contributed by atoms with Gasteiger partial charge in [0.05, 0.1) is 0 Å². The van der Waals surface area contributed by atoms with E-state index in [1.165, 1.54) is 19.8 Å². The molecule has 144 valence electrons. The molecule has 0 radical (unpaired) electrons. The Morgan fingerprint density at radius 3 is 2.92 bits per heavy atom. The highest BCUT2D eigenvalue weighted by Crippen LogP contribution is 2.57. The number of nitrogens with zero attached hydrogens (tertiary/aromatic N) is 1. The van der Waals surface area contributed by atoms with E-state index in [4.69, 9.17) is 4.74 Å². The SMILES string of the molecule is CC(=O)OC(CCCC(C)C1CCC2C(=O)CCCC21C)c1nccs1. The molecule has 0 aliphatic heterocycles. The number of hydrogen-bond donors (Lipinski definition) is 0. The second-order valence-electron chi connectivity index (χ2n) is 8.44. The zero-order chi connectivity index (χ0) is 18.7. The van der Waals surface area contributed by atoms with Gasteiger partial charge in [-0.05, 0) is 55.8 Å². The van der Waals surface area contributed by atoms with Gasteiger partial charge in [0.15, 0.2) is 6.10 Å². The van der Waals surface area contributed by atoms with Crippen LogP contribution < -0.4 is 0 Å². The lowest BCUT2D eigenvalue weighted by molar-refractivity contribution is -0.147. The minimum atomic E-state index is -0.245. The lowest BCUT2D eigenvalue weighted by Crippen LogP contribution is -2.39. The Morgan fingerprint density at radius 2 is 2.23 bits per heavy atom. The van der Waals surface area contributed by atoms with Crippen LogP contribution in [0.2, 0.25) is 0 Å². The second kappa shape index (κ2) is 8.20. The van der Waals surface area contributed by atoms with E-state index < -0.39 is 0 Å². The van der Waals surface area contributed by atoms with Crippen LogP contribution in [0.15, 0.2) is 11.6 Å². The van der Waals surface area contributed by atoms with Crippen molar-refractivity contribution >= 4 is 23.1 Å². The van der Waals surface area contributed by atoms with E-state index in [2.05, 4.69) is 18.8 Å². The van der Waals surface area contributed by atoms with Gasteiger partial charge in [0, 0.05) is 30.8 Å². The van der Waals surface area contributed by atoms with Gasteiger partial charge in [-0.2, -0.15) is 0 Å². The summed E-state index contributed by atoms with van der Waals surface area (Å²) in [5.41, 5.74) is 0.208. The molecule has 0 spiro atoms. The van der Waals surface area contributed by atoms with E-state index >= 15 is 0 Å². The van der Waals surface area contributed by atoms with Crippen LogP contribution in [-0.4, -0.2) is 16.7 Å². The van der Waals surface area contributed by atoms with Crippen molar-refractivity contribution in [2.45, 2.75) is 78.2 Å². The molecule has 5 heteroatoms. The average Bonchev–Trinajstić information content (AvgIpc) is 3.21.